The zero-order valence-electron chi connectivity index (χ0n) is 14.8. The van der Waals surface area contributed by atoms with E-state index in [2.05, 4.69) is 29.6 Å². The summed E-state index contributed by atoms with van der Waals surface area (Å²) in [5.74, 6) is 1.68. The van der Waals surface area contributed by atoms with E-state index in [9.17, 15) is 0 Å². The topological polar surface area (TPSA) is 39.7 Å². The third-order valence-electron chi connectivity index (χ3n) is 5.31. The maximum absolute atomic E-state index is 6.08. The Morgan fingerprint density at radius 3 is 2.38 bits per heavy atom. The van der Waals surface area contributed by atoms with Gasteiger partial charge in [-0.25, -0.2) is 0 Å². The maximum Gasteiger partial charge on any atom is 0.161 e. The van der Waals surface area contributed by atoms with E-state index in [1.165, 1.54) is 11.1 Å². The van der Waals surface area contributed by atoms with Crippen LogP contribution in [0.1, 0.15) is 24.0 Å². The molecule has 138 valence electrons. The summed E-state index contributed by atoms with van der Waals surface area (Å²) in [6, 6.07) is 14.4. The molecule has 0 unspecified atom stereocenters. The summed E-state index contributed by atoms with van der Waals surface area (Å²) < 4.78 is 16.9. The lowest BCUT2D eigenvalue weighted by Gasteiger charge is -2.38. The number of rotatable bonds is 5. The maximum atomic E-state index is 6.08. The van der Waals surface area contributed by atoms with Crippen molar-refractivity contribution in [3.05, 3.63) is 58.6 Å². The lowest BCUT2D eigenvalue weighted by molar-refractivity contribution is 0.0498. The van der Waals surface area contributed by atoms with Crippen molar-refractivity contribution in [2.75, 3.05) is 33.0 Å². The van der Waals surface area contributed by atoms with Gasteiger partial charge in [-0.2, -0.15) is 0 Å². The fourth-order valence-corrected chi connectivity index (χ4v) is 3.90. The zero-order chi connectivity index (χ0) is 17.8. The van der Waals surface area contributed by atoms with Crippen LogP contribution in [0.15, 0.2) is 42.5 Å². The molecular weight excluding hydrogens is 350 g/mol. The standard InChI is InChI=1S/C21H24ClNO3/c22-18-4-2-17(3-5-18)21(7-9-24-10-8-21)15-23-14-16-1-6-19-20(13-16)26-12-11-25-19/h1-6,13,23H,7-12,14-15H2. The summed E-state index contributed by atoms with van der Waals surface area (Å²) in [5, 5.41) is 4.43. The fraction of sp³-hybridized carbons (Fsp3) is 0.429. The van der Waals surface area contributed by atoms with Gasteiger partial charge in [0.25, 0.3) is 0 Å². The van der Waals surface area contributed by atoms with E-state index in [1.807, 2.05) is 18.2 Å². The summed E-state index contributed by atoms with van der Waals surface area (Å²) in [5.41, 5.74) is 2.63. The molecule has 2 aliphatic rings. The van der Waals surface area contributed by atoms with Gasteiger partial charge in [0.05, 0.1) is 0 Å². The van der Waals surface area contributed by atoms with Gasteiger partial charge >= 0.3 is 0 Å². The number of nitrogens with one attached hydrogen (secondary N) is 1. The van der Waals surface area contributed by atoms with Gasteiger partial charge in [-0.3, -0.25) is 0 Å². The van der Waals surface area contributed by atoms with Crippen molar-refractivity contribution < 1.29 is 14.2 Å². The van der Waals surface area contributed by atoms with Gasteiger partial charge in [-0.15, -0.1) is 0 Å². The molecule has 2 heterocycles. The molecule has 0 saturated carbocycles. The molecule has 0 aliphatic carbocycles. The van der Waals surface area contributed by atoms with Gasteiger partial charge in [0.1, 0.15) is 13.2 Å². The normalized spacial score (nSPS) is 18.5. The molecular formula is C21H24ClNO3. The highest BCUT2D eigenvalue weighted by molar-refractivity contribution is 6.30. The molecule has 2 aromatic carbocycles. The summed E-state index contributed by atoms with van der Waals surface area (Å²) in [4.78, 5) is 0. The molecule has 0 spiro atoms. The summed E-state index contributed by atoms with van der Waals surface area (Å²) >= 11 is 6.08. The number of hydrogen-bond acceptors (Lipinski definition) is 4. The van der Waals surface area contributed by atoms with E-state index in [1.54, 1.807) is 0 Å². The van der Waals surface area contributed by atoms with Gasteiger partial charge in [0.2, 0.25) is 0 Å². The predicted octanol–water partition coefficient (Wildman–Crippen LogP) is 3.95. The Labute approximate surface area is 159 Å². The molecule has 4 nitrogen and oxygen atoms in total. The van der Waals surface area contributed by atoms with Crippen LogP contribution in [0.5, 0.6) is 11.5 Å². The van der Waals surface area contributed by atoms with Crippen molar-refractivity contribution in [2.24, 2.45) is 0 Å². The van der Waals surface area contributed by atoms with Gasteiger partial charge in [0, 0.05) is 36.7 Å². The predicted molar refractivity (Wildman–Crippen MR) is 102 cm³/mol. The van der Waals surface area contributed by atoms with E-state index in [0.29, 0.717) is 13.2 Å². The third-order valence-corrected chi connectivity index (χ3v) is 5.56. The molecule has 0 aromatic heterocycles. The van der Waals surface area contributed by atoms with Crippen molar-refractivity contribution in [3.63, 3.8) is 0 Å². The Hall–Kier alpha value is -1.75. The van der Waals surface area contributed by atoms with Crippen molar-refractivity contribution in [3.8, 4) is 11.5 Å². The first-order valence-corrected chi connectivity index (χ1v) is 9.56. The van der Waals surface area contributed by atoms with Crippen molar-refractivity contribution in [1.82, 2.24) is 5.32 Å². The first-order chi connectivity index (χ1) is 12.8. The molecule has 0 amide bonds. The smallest absolute Gasteiger partial charge is 0.161 e. The number of hydrogen-bond donors (Lipinski definition) is 1. The fourth-order valence-electron chi connectivity index (χ4n) is 3.78. The Morgan fingerprint density at radius 1 is 0.885 bits per heavy atom. The number of fused-ring (bicyclic) bond motifs is 1. The van der Waals surface area contributed by atoms with Crippen molar-refractivity contribution in [2.45, 2.75) is 24.8 Å². The SMILES string of the molecule is Clc1ccc(C2(CNCc3ccc4c(c3)OCCO4)CCOCC2)cc1. The Bertz CT molecular complexity index is 741. The van der Waals surface area contributed by atoms with Crippen LogP contribution in [0.3, 0.4) is 0 Å². The molecule has 26 heavy (non-hydrogen) atoms. The first kappa shape index (κ1) is 17.7. The van der Waals surface area contributed by atoms with E-state index >= 15 is 0 Å². The van der Waals surface area contributed by atoms with Crippen LogP contribution < -0.4 is 14.8 Å². The van der Waals surface area contributed by atoms with Crippen LogP contribution in [0, 0.1) is 0 Å². The minimum absolute atomic E-state index is 0.0939. The molecule has 2 aromatic rings. The second kappa shape index (κ2) is 7.87. The van der Waals surface area contributed by atoms with Crippen LogP contribution in [0.25, 0.3) is 0 Å². The molecule has 1 saturated heterocycles. The number of ether oxygens (including phenoxy) is 3. The largest absolute Gasteiger partial charge is 0.486 e. The highest BCUT2D eigenvalue weighted by atomic mass is 35.5. The Morgan fingerprint density at radius 2 is 1.62 bits per heavy atom. The number of halogens is 1. The second-order valence-corrected chi connectivity index (χ2v) is 7.42. The second-order valence-electron chi connectivity index (χ2n) is 6.98. The van der Waals surface area contributed by atoms with Crippen molar-refractivity contribution >= 4 is 11.6 Å². The minimum Gasteiger partial charge on any atom is -0.486 e. The Kier molecular flexibility index (Phi) is 5.34. The lowest BCUT2D eigenvalue weighted by Crippen LogP contribution is -2.42. The van der Waals surface area contributed by atoms with Gasteiger partial charge in [-0.05, 0) is 48.2 Å². The van der Waals surface area contributed by atoms with Crippen LogP contribution in [0.2, 0.25) is 5.02 Å². The minimum atomic E-state index is 0.0939. The zero-order valence-corrected chi connectivity index (χ0v) is 15.6. The molecule has 2 aliphatic heterocycles. The lowest BCUT2D eigenvalue weighted by atomic mass is 9.74. The van der Waals surface area contributed by atoms with E-state index in [-0.39, 0.29) is 5.41 Å². The van der Waals surface area contributed by atoms with Gasteiger partial charge in [-0.1, -0.05) is 29.8 Å². The van der Waals surface area contributed by atoms with E-state index < -0.39 is 0 Å². The third kappa shape index (κ3) is 3.83. The van der Waals surface area contributed by atoms with Crippen LogP contribution in [-0.2, 0) is 16.7 Å². The van der Waals surface area contributed by atoms with Gasteiger partial charge < -0.3 is 19.5 Å². The van der Waals surface area contributed by atoms with Crippen LogP contribution in [-0.4, -0.2) is 33.0 Å². The summed E-state index contributed by atoms with van der Waals surface area (Å²) in [7, 11) is 0. The van der Waals surface area contributed by atoms with Crippen LogP contribution >= 0.6 is 11.6 Å². The quantitative estimate of drug-likeness (QED) is 0.861. The van der Waals surface area contributed by atoms with E-state index in [0.717, 1.165) is 55.7 Å². The molecule has 5 heteroatoms. The molecule has 0 radical (unpaired) electrons. The Balaban J connectivity index is 1.44. The molecule has 1 N–H and O–H groups in total. The van der Waals surface area contributed by atoms with E-state index in [4.69, 9.17) is 25.8 Å². The molecule has 4 rings (SSSR count). The molecule has 0 bridgehead atoms. The molecule has 0 atom stereocenters. The molecule has 1 fully saturated rings. The van der Waals surface area contributed by atoms with Crippen LogP contribution in [0.4, 0.5) is 0 Å². The average molecular weight is 374 g/mol. The first-order valence-electron chi connectivity index (χ1n) is 9.18. The van der Waals surface area contributed by atoms with Gasteiger partial charge in [0.15, 0.2) is 11.5 Å². The average Bonchev–Trinajstić information content (AvgIpc) is 2.69. The highest BCUT2D eigenvalue weighted by Gasteiger charge is 2.34. The number of benzene rings is 2. The summed E-state index contributed by atoms with van der Waals surface area (Å²) in [6.45, 7) is 4.54. The summed E-state index contributed by atoms with van der Waals surface area (Å²) in [6.07, 6.45) is 2.03. The highest BCUT2D eigenvalue weighted by Crippen LogP contribution is 2.35. The monoisotopic (exact) mass is 373 g/mol. The van der Waals surface area contributed by atoms with Crippen molar-refractivity contribution in [1.29, 1.82) is 0 Å².